The summed E-state index contributed by atoms with van der Waals surface area (Å²) in [5, 5.41) is 54.6. The zero-order chi connectivity index (χ0) is 67.9. The molecule has 11 nitrogen and oxygen atoms in total. The van der Waals surface area contributed by atoms with E-state index in [-0.39, 0.29) is 18.5 Å². The Morgan fingerprint density at radius 2 is 0.723 bits per heavy atom. The minimum atomic E-state index is -1.57. The van der Waals surface area contributed by atoms with Crippen LogP contribution in [-0.2, 0) is 23.8 Å². The maximum absolute atomic E-state index is 13.1. The summed E-state index contributed by atoms with van der Waals surface area (Å²) >= 11 is 0. The Morgan fingerprint density at radius 3 is 1.11 bits per heavy atom. The van der Waals surface area contributed by atoms with E-state index in [4.69, 9.17) is 14.2 Å². The van der Waals surface area contributed by atoms with Gasteiger partial charge in [-0.15, -0.1) is 0 Å². The number of allylic oxidation sites excluding steroid dienone is 9. The van der Waals surface area contributed by atoms with Crippen molar-refractivity contribution in [2.75, 3.05) is 19.8 Å². The van der Waals surface area contributed by atoms with E-state index in [9.17, 15) is 35.1 Å². The van der Waals surface area contributed by atoms with Gasteiger partial charge in [-0.1, -0.05) is 351 Å². The Labute approximate surface area is 579 Å². The van der Waals surface area contributed by atoms with Crippen LogP contribution in [0, 0.1) is 0 Å². The number of aliphatic hydroxyl groups excluding tert-OH is 5. The Balaban J connectivity index is 1.90. The van der Waals surface area contributed by atoms with E-state index in [0.717, 1.165) is 70.6 Å². The molecule has 6 N–H and O–H groups in total. The largest absolute Gasteiger partial charge is 0.466 e. The van der Waals surface area contributed by atoms with Crippen LogP contribution in [0.15, 0.2) is 60.8 Å². The van der Waals surface area contributed by atoms with Gasteiger partial charge >= 0.3 is 5.97 Å². The zero-order valence-electron chi connectivity index (χ0n) is 61.4. The summed E-state index contributed by atoms with van der Waals surface area (Å²) in [5.41, 5.74) is 0. The number of aliphatic hydroxyl groups is 5. The normalized spacial score (nSPS) is 17.7. The van der Waals surface area contributed by atoms with E-state index in [0.29, 0.717) is 19.4 Å². The third-order valence-corrected chi connectivity index (χ3v) is 19.1. The smallest absolute Gasteiger partial charge is 0.305 e. The molecule has 94 heavy (non-hydrogen) atoms. The Bertz CT molecular complexity index is 1750. The maximum atomic E-state index is 13.1. The van der Waals surface area contributed by atoms with Gasteiger partial charge in [0.05, 0.1) is 32.0 Å². The third kappa shape index (κ3) is 59.4. The van der Waals surface area contributed by atoms with E-state index in [1.807, 2.05) is 6.08 Å². The van der Waals surface area contributed by atoms with Gasteiger partial charge in [0.15, 0.2) is 6.29 Å². The van der Waals surface area contributed by atoms with Crippen LogP contribution < -0.4 is 5.32 Å². The molecule has 1 heterocycles. The molecule has 0 spiro atoms. The molecule has 0 aromatic heterocycles. The molecular formula is C83H153NO10. The number of nitrogens with one attached hydrogen (secondary N) is 1. The fourth-order valence-corrected chi connectivity index (χ4v) is 12.7. The third-order valence-electron chi connectivity index (χ3n) is 19.1. The predicted molar refractivity (Wildman–Crippen MR) is 398 cm³/mol. The van der Waals surface area contributed by atoms with Crippen LogP contribution in [0.2, 0.25) is 0 Å². The summed E-state index contributed by atoms with van der Waals surface area (Å²) in [5.74, 6) is -0.177. The molecule has 0 saturated carbocycles. The van der Waals surface area contributed by atoms with Crippen LogP contribution in [0.1, 0.15) is 393 Å². The number of unbranched alkanes of at least 4 members (excludes halogenated alkanes) is 50. The standard InChI is InChI=1S/C83H153NO10/c1-3-5-7-9-11-13-15-17-47-51-55-59-63-67-71-79(88)92-72-68-64-60-56-52-48-44-42-40-38-36-34-32-30-28-26-24-22-20-18-19-21-23-25-27-29-31-33-35-37-39-41-43-46-50-54-58-62-66-70-78(87)84-75(74-93-83-82(91)81(90)80(89)77(73-85)94-83)76(86)69-65-61-57-53-49-45-16-14-12-10-8-6-4-2/h9,11,15,17-19,22,24,65,69,75-77,80-83,85-86,89-91H,3-8,10,12-14,16,20-21,23,25-64,66-68,70-74H2,1-2H3,(H,84,87)/b11-9-,17-15-,19-18-,24-22-,69-65+. The number of ether oxygens (including phenoxy) is 3. The van der Waals surface area contributed by atoms with Crippen LogP contribution in [0.4, 0.5) is 0 Å². The van der Waals surface area contributed by atoms with Gasteiger partial charge in [-0.2, -0.15) is 0 Å². The SMILES string of the molecule is CCCC/C=C\C/C=C\CCCCCCCC(=O)OCCCCCCCCCCCCCCCCC/C=C\C/C=C\CCCCCCCCCCCCCCCCCCCC(=O)NC(COC1OC(CO)C(O)C(O)C1O)C(O)/C=C/CCCCCCCCCCCCC. The van der Waals surface area contributed by atoms with Gasteiger partial charge in [-0.3, -0.25) is 9.59 Å². The monoisotopic (exact) mass is 1320 g/mol. The van der Waals surface area contributed by atoms with Crippen LogP contribution in [0.3, 0.4) is 0 Å². The molecule has 7 unspecified atom stereocenters. The molecule has 0 bridgehead atoms. The average Bonchev–Trinajstić information content (AvgIpc) is 0.901. The van der Waals surface area contributed by atoms with Crippen LogP contribution in [0.25, 0.3) is 0 Å². The van der Waals surface area contributed by atoms with Crippen LogP contribution >= 0.6 is 0 Å². The molecule has 11 heteroatoms. The van der Waals surface area contributed by atoms with E-state index in [2.05, 4.69) is 67.8 Å². The van der Waals surface area contributed by atoms with Crippen molar-refractivity contribution in [3.8, 4) is 0 Å². The molecule has 0 aliphatic carbocycles. The number of carbonyl (C=O) groups excluding carboxylic acids is 2. The molecule has 0 aromatic carbocycles. The van der Waals surface area contributed by atoms with Crippen molar-refractivity contribution in [2.45, 2.75) is 436 Å². The molecule has 1 amide bonds. The Morgan fingerprint density at radius 1 is 0.394 bits per heavy atom. The van der Waals surface area contributed by atoms with Crippen molar-refractivity contribution in [3.05, 3.63) is 60.8 Å². The summed E-state index contributed by atoms with van der Waals surface area (Å²) in [6, 6.07) is -0.808. The first kappa shape index (κ1) is 89.4. The molecular weight excluding hydrogens is 1170 g/mol. The van der Waals surface area contributed by atoms with Gasteiger partial charge in [0.1, 0.15) is 24.4 Å². The lowest BCUT2D eigenvalue weighted by atomic mass is 9.99. The number of hydrogen-bond acceptors (Lipinski definition) is 10. The zero-order valence-corrected chi connectivity index (χ0v) is 61.4. The summed E-state index contributed by atoms with van der Waals surface area (Å²) in [6.45, 7) is 4.34. The summed E-state index contributed by atoms with van der Waals surface area (Å²) < 4.78 is 16.8. The van der Waals surface area contributed by atoms with E-state index in [1.54, 1.807) is 6.08 Å². The van der Waals surface area contributed by atoms with Crippen molar-refractivity contribution in [1.29, 1.82) is 0 Å². The highest BCUT2D eigenvalue weighted by Crippen LogP contribution is 2.24. The molecule has 1 saturated heterocycles. The summed E-state index contributed by atoms with van der Waals surface area (Å²) in [6.07, 6.45) is 86.8. The summed E-state index contributed by atoms with van der Waals surface area (Å²) in [4.78, 5) is 25.2. The maximum Gasteiger partial charge on any atom is 0.305 e. The minimum Gasteiger partial charge on any atom is -0.466 e. The van der Waals surface area contributed by atoms with Gasteiger partial charge < -0.3 is 45.1 Å². The van der Waals surface area contributed by atoms with E-state index < -0.39 is 49.5 Å². The van der Waals surface area contributed by atoms with Crippen molar-refractivity contribution in [2.24, 2.45) is 0 Å². The highest BCUT2D eigenvalue weighted by Gasteiger charge is 2.44. The quantitative estimate of drug-likeness (QED) is 0.0195. The van der Waals surface area contributed by atoms with Crippen LogP contribution in [0.5, 0.6) is 0 Å². The van der Waals surface area contributed by atoms with Gasteiger partial charge in [0.25, 0.3) is 0 Å². The van der Waals surface area contributed by atoms with Gasteiger partial charge in [0, 0.05) is 12.8 Å². The lowest BCUT2D eigenvalue weighted by Crippen LogP contribution is -2.60. The lowest BCUT2D eigenvalue weighted by Gasteiger charge is -2.40. The first-order chi connectivity index (χ1) is 46.2. The van der Waals surface area contributed by atoms with Gasteiger partial charge in [0.2, 0.25) is 5.91 Å². The molecule has 1 rings (SSSR count). The molecule has 0 radical (unpaired) electrons. The van der Waals surface area contributed by atoms with Crippen molar-refractivity contribution in [1.82, 2.24) is 5.32 Å². The van der Waals surface area contributed by atoms with Crippen molar-refractivity contribution < 1.29 is 49.3 Å². The molecule has 0 aromatic rings. The van der Waals surface area contributed by atoms with Gasteiger partial charge in [-0.05, 0) is 89.9 Å². The number of rotatable bonds is 72. The molecule has 1 aliphatic rings. The van der Waals surface area contributed by atoms with Crippen molar-refractivity contribution >= 4 is 11.9 Å². The second-order valence-electron chi connectivity index (χ2n) is 28.1. The Hall–Kier alpha value is -2.64. The van der Waals surface area contributed by atoms with Crippen LogP contribution in [-0.4, -0.2) is 100 Å². The minimum absolute atomic E-state index is 0.00000307. The molecule has 550 valence electrons. The molecule has 1 fully saturated rings. The second kappa shape index (κ2) is 71.6. The van der Waals surface area contributed by atoms with E-state index in [1.165, 1.54) is 295 Å². The first-order valence-electron chi connectivity index (χ1n) is 40.6. The highest BCUT2D eigenvalue weighted by molar-refractivity contribution is 5.76. The number of hydrogen-bond donors (Lipinski definition) is 6. The molecule has 1 aliphatic heterocycles. The first-order valence-corrected chi connectivity index (χ1v) is 40.6. The van der Waals surface area contributed by atoms with Gasteiger partial charge in [-0.25, -0.2) is 0 Å². The van der Waals surface area contributed by atoms with E-state index >= 15 is 0 Å². The number of amides is 1. The second-order valence-corrected chi connectivity index (χ2v) is 28.1. The Kier molecular flexibility index (Phi) is 68.1. The molecule has 7 atom stereocenters. The summed E-state index contributed by atoms with van der Waals surface area (Å²) in [7, 11) is 0. The highest BCUT2D eigenvalue weighted by atomic mass is 16.7. The lowest BCUT2D eigenvalue weighted by molar-refractivity contribution is -0.302. The number of carbonyl (C=O) groups is 2. The topological polar surface area (TPSA) is 175 Å². The number of esters is 1. The average molecular weight is 1330 g/mol. The van der Waals surface area contributed by atoms with Crippen molar-refractivity contribution in [3.63, 3.8) is 0 Å². The fraction of sp³-hybridized carbons (Fsp3) is 0.855. The predicted octanol–water partition coefficient (Wildman–Crippen LogP) is 22.0. The fourth-order valence-electron chi connectivity index (χ4n) is 12.7.